The number of rotatable bonds is 8. The number of nitrogens with one attached hydrogen (secondary N) is 1. The number of anilines is 1. The summed E-state index contributed by atoms with van der Waals surface area (Å²) in [6.45, 7) is 2.03. The van der Waals surface area contributed by atoms with Crippen LogP contribution in [0.1, 0.15) is 51.5 Å². The Morgan fingerprint density at radius 1 is 1.05 bits per heavy atom. The van der Waals surface area contributed by atoms with E-state index in [0.717, 1.165) is 65.9 Å². The van der Waals surface area contributed by atoms with Gasteiger partial charge in [-0.15, -0.1) is 0 Å². The molecule has 2 aromatic heterocycles. The minimum Gasteiger partial charge on any atom is -0.457 e. The van der Waals surface area contributed by atoms with E-state index in [4.69, 9.17) is 21.3 Å². The summed E-state index contributed by atoms with van der Waals surface area (Å²) in [6.07, 6.45) is 6.54. The van der Waals surface area contributed by atoms with Crippen LogP contribution >= 0.6 is 0 Å². The van der Waals surface area contributed by atoms with E-state index < -0.39 is 6.04 Å². The summed E-state index contributed by atoms with van der Waals surface area (Å²) in [5, 5.41) is 8.86. The molecule has 2 aromatic carbocycles. The molecule has 0 bridgehead atoms. The Balaban J connectivity index is 1.35. The van der Waals surface area contributed by atoms with Crippen LogP contribution in [0.4, 0.5) is 5.82 Å². The molecule has 1 amide bonds. The normalized spacial score (nSPS) is 18.4. The van der Waals surface area contributed by atoms with Crippen molar-refractivity contribution in [2.75, 3.05) is 5.73 Å². The van der Waals surface area contributed by atoms with Crippen LogP contribution in [0.5, 0.6) is 11.5 Å². The second kappa shape index (κ2) is 11.0. The number of hydrogen-bond acceptors (Lipinski definition) is 7. The van der Waals surface area contributed by atoms with Crippen molar-refractivity contribution in [3.63, 3.8) is 0 Å². The van der Waals surface area contributed by atoms with Crippen molar-refractivity contribution in [3.05, 3.63) is 60.9 Å². The number of benzene rings is 2. The third kappa shape index (κ3) is 5.41. The molecule has 5 rings (SSSR count). The minimum absolute atomic E-state index is 0.0580. The van der Waals surface area contributed by atoms with Crippen molar-refractivity contribution in [2.45, 2.75) is 63.6 Å². The first-order chi connectivity index (χ1) is 18.0. The van der Waals surface area contributed by atoms with Crippen LogP contribution in [-0.4, -0.2) is 37.7 Å². The predicted molar refractivity (Wildman–Crippen MR) is 144 cm³/mol. The Morgan fingerprint density at radius 3 is 2.46 bits per heavy atom. The van der Waals surface area contributed by atoms with Crippen molar-refractivity contribution < 1.29 is 9.53 Å². The van der Waals surface area contributed by atoms with E-state index in [1.54, 1.807) is 0 Å². The lowest BCUT2D eigenvalue weighted by atomic mass is 9.91. The molecule has 1 fully saturated rings. The van der Waals surface area contributed by atoms with E-state index in [1.165, 1.54) is 6.33 Å². The summed E-state index contributed by atoms with van der Waals surface area (Å²) in [4.78, 5) is 21.1. The number of fused-ring (bicyclic) bond motifs is 1. The molecule has 4 aromatic rings. The lowest BCUT2D eigenvalue weighted by molar-refractivity contribution is -0.123. The number of carbonyl (C=O) groups excluding carboxylic acids is 1. The van der Waals surface area contributed by atoms with Gasteiger partial charge in [0.2, 0.25) is 5.91 Å². The fourth-order valence-electron chi connectivity index (χ4n) is 4.97. The molecule has 2 heterocycles. The molecule has 0 spiro atoms. The summed E-state index contributed by atoms with van der Waals surface area (Å²) in [7, 11) is 0. The van der Waals surface area contributed by atoms with Crippen molar-refractivity contribution in [2.24, 2.45) is 5.73 Å². The van der Waals surface area contributed by atoms with Crippen LogP contribution in [0.2, 0.25) is 0 Å². The molecular formula is C28H33N7O2. The van der Waals surface area contributed by atoms with Gasteiger partial charge in [0, 0.05) is 11.6 Å². The maximum Gasteiger partial charge on any atom is 0.237 e. The second-order valence-corrected chi connectivity index (χ2v) is 9.60. The number of carbonyl (C=O) groups is 1. The minimum atomic E-state index is -0.440. The summed E-state index contributed by atoms with van der Waals surface area (Å²) in [6, 6.07) is 17.3. The summed E-state index contributed by atoms with van der Waals surface area (Å²) < 4.78 is 7.92. The molecule has 0 aliphatic heterocycles. The highest BCUT2D eigenvalue weighted by Gasteiger charge is 2.28. The van der Waals surface area contributed by atoms with E-state index in [-0.39, 0.29) is 18.0 Å². The Bertz CT molecular complexity index is 1350. The number of aromatic nitrogens is 4. The highest BCUT2D eigenvalue weighted by Crippen LogP contribution is 2.36. The molecule has 9 heteroatoms. The molecule has 9 nitrogen and oxygen atoms in total. The average molecular weight is 500 g/mol. The zero-order valence-corrected chi connectivity index (χ0v) is 21.0. The quantitative estimate of drug-likeness (QED) is 0.323. The number of para-hydroxylation sites is 1. The number of hydrogen-bond donors (Lipinski definition) is 3. The fraction of sp³-hybridized carbons (Fsp3) is 0.357. The molecule has 1 saturated carbocycles. The van der Waals surface area contributed by atoms with Gasteiger partial charge in [-0.2, -0.15) is 5.10 Å². The summed E-state index contributed by atoms with van der Waals surface area (Å²) in [5.74, 6) is 1.86. The first-order valence-electron chi connectivity index (χ1n) is 12.9. The van der Waals surface area contributed by atoms with Crippen LogP contribution < -0.4 is 21.5 Å². The van der Waals surface area contributed by atoms with E-state index in [0.29, 0.717) is 12.2 Å². The highest BCUT2D eigenvalue weighted by atomic mass is 16.5. The van der Waals surface area contributed by atoms with Crippen LogP contribution in [0, 0.1) is 0 Å². The zero-order chi connectivity index (χ0) is 25.8. The standard InChI is InChI=1S/C28H33N7O2/c1-2-6-23(29)28(36)33-19-11-13-20(14-12-19)35-27-24(26(30)31-17-32-27)25(34-35)18-9-15-22(16-10-18)37-21-7-4-3-5-8-21/h3-5,7-10,15-17,19-20,23H,2,6,11-14,29H2,1H3,(H,33,36)(H2,30,31,32)/t19?,20?,23-/m1/s1. The van der Waals surface area contributed by atoms with Gasteiger partial charge >= 0.3 is 0 Å². The van der Waals surface area contributed by atoms with E-state index >= 15 is 0 Å². The van der Waals surface area contributed by atoms with E-state index in [2.05, 4.69) is 15.3 Å². The fourth-order valence-corrected chi connectivity index (χ4v) is 4.97. The van der Waals surface area contributed by atoms with Gasteiger partial charge in [-0.05, 0) is 68.5 Å². The van der Waals surface area contributed by atoms with Crippen molar-refractivity contribution in [1.29, 1.82) is 0 Å². The van der Waals surface area contributed by atoms with Crippen LogP contribution in [0.15, 0.2) is 60.9 Å². The number of amides is 1. The number of nitrogens with two attached hydrogens (primary N) is 2. The SMILES string of the molecule is CCC[C@@H](N)C(=O)NC1CCC(n2nc(-c3ccc(Oc4ccccc4)cc3)c3c(N)ncnc32)CC1. The van der Waals surface area contributed by atoms with Crippen molar-refractivity contribution >= 4 is 22.8 Å². The van der Waals surface area contributed by atoms with E-state index in [1.807, 2.05) is 66.2 Å². The number of nitrogen functional groups attached to an aromatic ring is 1. The third-order valence-electron chi connectivity index (χ3n) is 6.95. The summed E-state index contributed by atoms with van der Waals surface area (Å²) in [5.41, 5.74) is 14.7. The highest BCUT2D eigenvalue weighted by molar-refractivity contribution is 5.98. The lowest BCUT2D eigenvalue weighted by Gasteiger charge is -2.30. The number of ether oxygens (including phenoxy) is 1. The van der Waals surface area contributed by atoms with Gasteiger partial charge in [0.25, 0.3) is 0 Å². The molecule has 37 heavy (non-hydrogen) atoms. The largest absolute Gasteiger partial charge is 0.457 e. The maximum atomic E-state index is 12.4. The first-order valence-corrected chi connectivity index (χ1v) is 12.9. The third-order valence-corrected chi connectivity index (χ3v) is 6.95. The Hall–Kier alpha value is -3.98. The monoisotopic (exact) mass is 499 g/mol. The Labute approximate surface area is 216 Å². The Kier molecular flexibility index (Phi) is 7.32. The first kappa shape index (κ1) is 24.7. The molecule has 0 unspecified atom stereocenters. The molecule has 5 N–H and O–H groups in total. The predicted octanol–water partition coefficient (Wildman–Crippen LogP) is 4.60. The topological polar surface area (TPSA) is 134 Å². The molecular weight excluding hydrogens is 466 g/mol. The molecule has 1 atom stereocenters. The molecule has 0 radical (unpaired) electrons. The average Bonchev–Trinajstić information content (AvgIpc) is 3.31. The van der Waals surface area contributed by atoms with Gasteiger partial charge in [-0.3, -0.25) is 4.79 Å². The lowest BCUT2D eigenvalue weighted by Crippen LogP contribution is -2.46. The van der Waals surface area contributed by atoms with Crippen molar-refractivity contribution in [3.8, 4) is 22.8 Å². The smallest absolute Gasteiger partial charge is 0.237 e. The molecule has 0 saturated heterocycles. The molecule has 1 aliphatic rings. The van der Waals surface area contributed by atoms with Gasteiger partial charge in [0.05, 0.1) is 17.5 Å². The Morgan fingerprint density at radius 2 is 1.76 bits per heavy atom. The van der Waals surface area contributed by atoms with Crippen LogP contribution in [-0.2, 0) is 4.79 Å². The zero-order valence-electron chi connectivity index (χ0n) is 21.0. The summed E-state index contributed by atoms with van der Waals surface area (Å²) >= 11 is 0. The molecule has 192 valence electrons. The second-order valence-electron chi connectivity index (χ2n) is 9.60. The van der Waals surface area contributed by atoms with Crippen LogP contribution in [0.3, 0.4) is 0 Å². The van der Waals surface area contributed by atoms with Crippen molar-refractivity contribution in [1.82, 2.24) is 25.1 Å². The van der Waals surface area contributed by atoms with Gasteiger partial charge < -0.3 is 21.5 Å². The maximum absolute atomic E-state index is 12.4. The van der Waals surface area contributed by atoms with Gasteiger partial charge in [-0.1, -0.05) is 31.5 Å². The van der Waals surface area contributed by atoms with E-state index in [9.17, 15) is 4.79 Å². The van der Waals surface area contributed by atoms with Gasteiger partial charge in [0.1, 0.15) is 29.3 Å². The molecule has 1 aliphatic carbocycles. The van der Waals surface area contributed by atoms with Gasteiger partial charge in [0.15, 0.2) is 5.65 Å². The number of nitrogens with zero attached hydrogens (tertiary/aromatic N) is 4. The van der Waals surface area contributed by atoms with Crippen LogP contribution in [0.25, 0.3) is 22.3 Å². The van der Waals surface area contributed by atoms with Gasteiger partial charge in [-0.25, -0.2) is 14.6 Å².